The monoisotopic (exact) mass is 199 g/mol. The molecule has 13 heavy (non-hydrogen) atoms. The lowest BCUT2D eigenvalue weighted by atomic mass is 10.1. The van der Waals surface area contributed by atoms with Crippen LogP contribution in [0.5, 0.6) is 0 Å². The van der Waals surface area contributed by atoms with Crippen molar-refractivity contribution < 1.29 is 9.90 Å². The number of halogens is 1. The smallest absolute Gasteiger partial charge is 0.209 e. The number of nitrogens with one attached hydrogen (secondary N) is 1. The fourth-order valence-electron chi connectivity index (χ4n) is 0.981. The van der Waals surface area contributed by atoms with E-state index in [2.05, 4.69) is 5.32 Å². The maximum atomic E-state index is 9.97. The van der Waals surface area contributed by atoms with Gasteiger partial charge in [0, 0.05) is 11.4 Å². The SMILES string of the molecule is O=CNC(O)Cc1ccc(Cl)cc1. The third kappa shape index (κ3) is 3.44. The van der Waals surface area contributed by atoms with Gasteiger partial charge in [-0.15, -0.1) is 0 Å². The van der Waals surface area contributed by atoms with Crippen molar-refractivity contribution in [3.8, 4) is 0 Å². The van der Waals surface area contributed by atoms with Crippen molar-refractivity contribution in [3.05, 3.63) is 34.9 Å². The molecule has 0 aliphatic rings. The number of carbonyl (C=O) groups is 1. The largest absolute Gasteiger partial charge is 0.373 e. The molecule has 0 aliphatic heterocycles. The fourth-order valence-corrected chi connectivity index (χ4v) is 1.11. The second-order valence-corrected chi connectivity index (χ2v) is 3.07. The van der Waals surface area contributed by atoms with Crippen LogP contribution >= 0.6 is 11.6 Å². The molecule has 0 saturated carbocycles. The molecule has 0 fully saturated rings. The van der Waals surface area contributed by atoms with Crippen LogP contribution in [-0.4, -0.2) is 17.7 Å². The molecule has 70 valence electrons. The van der Waals surface area contributed by atoms with Crippen LogP contribution in [0.3, 0.4) is 0 Å². The van der Waals surface area contributed by atoms with E-state index in [4.69, 9.17) is 11.6 Å². The molecule has 0 heterocycles. The van der Waals surface area contributed by atoms with Gasteiger partial charge in [0.2, 0.25) is 6.41 Å². The predicted octanol–water partition coefficient (Wildman–Crippen LogP) is 0.947. The minimum Gasteiger partial charge on any atom is -0.373 e. The Morgan fingerprint density at radius 2 is 2.08 bits per heavy atom. The number of amides is 1. The summed E-state index contributed by atoms with van der Waals surface area (Å²) >= 11 is 5.68. The second-order valence-electron chi connectivity index (χ2n) is 2.63. The number of rotatable bonds is 4. The summed E-state index contributed by atoms with van der Waals surface area (Å²) < 4.78 is 0. The summed E-state index contributed by atoms with van der Waals surface area (Å²) in [6.45, 7) is 0. The van der Waals surface area contributed by atoms with Crippen molar-refractivity contribution in [1.82, 2.24) is 5.32 Å². The molecule has 3 nitrogen and oxygen atoms in total. The summed E-state index contributed by atoms with van der Waals surface area (Å²) in [7, 11) is 0. The van der Waals surface area contributed by atoms with E-state index in [1.807, 2.05) is 0 Å². The first-order valence-corrected chi connectivity index (χ1v) is 4.22. The van der Waals surface area contributed by atoms with E-state index in [0.717, 1.165) is 5.56 Å². The molecule has 0 aliphatic carbocycles. The van der Waals surface area contributed by atoms with Gasteiger partial charge in [-0.3, -0.25) is 4.79 Å². The first-order valence-electron chi connectivity index (χ1n) is 3.84. The molecule has 0 saturated heterocycles. The zero-order chi connectivity index (χ0) is 9.68. The van der Waals surface area contributed by atoms with Crippen molar-refractivity contribution >= 4 is 18.0 Å². The van der Waals surface area contributed by atoms with Crippen LogP contribution in [0.4, 0.5) is 0 Å². The Bertz CT molecular complexity index is 273. The van der Waals surface area contributed by atoms with E-state index in [-0.39, 0.29) is 0 Å². The molecule has 0 spiro atoms. The number of aliphatic hydroxyl groups excluding tert-OH is 1. The molecular formula is C9H10ClNO2. The normalized spacial score (nSPS) is 12.2. The first kappa shape index (κ1) is 10.0. The van der Waals surface area contributed by atoms with Gasteiger partial charge in [0.15, 0.2) is 0 Å². The van der Waals surface area contributed by atoms with Gasteiger partial charge in [-0.25, -0.2) is 0 Å². The average molecular weight is 200 g/mol. The Kier molecular flexibility index (Phi) is 3.73. The Hall–Kier alpha value is -1.06. The lowest BCUT2D eigenvalue weighted by molar-refractivity contribution is -0.112. The van der Waals surface area contributed by atoms with Crippen molar-refractivity contribution in [2.45, 2.75) is 12.6 Å². The topological polar surface area (TPSA) is 49.3 Å². The molecule has 1 aromatic rings. The van der Waals surface area contributed by atoms with Crippen molar-refractivity contribution in [3.63, 3.8) is 0 Å². The van der Waals surface area contributed by atoms with Crippen LogP contribution in [0, 0.1) is 0 Å². The van der Waals surface area contributed by atoms with Crippen molar-refractivity contribution in [1.29, 1.82) is 0 Å². The highest BCUT2D eigenvalue weighted by Crippen LogP contribution is 2.10. The average Bonchev–Trinajstić information content (AvgIpc) is 2.09. The van der Waals surface area contributed by atoms with E-state index >= 15 is 0 Å². The molecule has 1 rings (SSSR count). The second kappa shape index (κ2) is 4.84. The lowest BCUT2D eigenvalue weighted by Crippen LogP contribution is -2.29. The van der Waals surface area contributed by atoms with Crippen LogP contribution in [0.15, 0.2) is 24.3 Å². The third-order valence-corrected chi connectivity index (χ3v) is 1.85. The predicted molar refractivity (Wildman–Crippen MR) is 50.4 cm³/mol. The Labute approximate surface area is 81.3 Å². The lowest BCUT2D eigenvalue weighted by Gasteiger charge is -2.08. The molecule has 2 N–H and O–H groups in total. The van der Waals surface area contributed by atoms with Gasteiger partial charge >= 0.3 is 0 Å². The molecule has 1 unspecified atom stereocenters. The highest BCUT2D eigenvalue weighted by molar-refractivity contribution is 6.30. The van der Waals surface area contributed by atoms with E-state index < -0.39 is 6.23 Å². The number of hydrogen-bond donors (Lipinski definition) is 2. The van der Waals surface area contributed by atoms with Crippen LogP contribution in [0.2, 0.25) is 5.02 Å². The zero-order valence-corrected chi connectivity index (χ0v) is 7.66. The molecule has 1 atom stereocenters. The minimum atomic E-state index is -0.835. The van der Waals surface area contributed by atoms with Crippen molar-refractivity contribution in [2.24, 2.45) is 0 Å². The number of aliphatic hydroxyl groups is 1. The number of hydrogen-bond acceptors (Lipinski definition) is 2. The molecule has 4 heteroatoms. The Morgan fingerprint density at radius 3 is 2.62 bits per heavy atom. The van der Waals surface area contributed by atoms with E-state index in [1.165, 1.54) is 0 Å². The molecule has 0 radical (unpaired) electrons. The standard InChI is InChI=1S/C9H10ClNO2/c10-8-3-1-7(2-4-8)5-9(13)11-6-12/h1-4,6,9,13H,5H2,(H,11,12). The zero-order valence-electron chi connectivity index (χ0n) is 6.90. The quantitative estimate of drug-likeness (QED) is 0.560. The van der Waals surface area contributed by atoms with E-state index in [9.17, 15) is 9.90 Å². The molecular weight excluding hydrogens is 190 g/mol. The van der Waals surface area contributed by atoms with Crippen LogP contribution in [-0.2, 0) is 11.2 Å². The van der Waals surface area contributed by atoms with Gasteiger partial charge < -0.3 is 10.4 Å². The maximum Gasteiger partial charge on any atom is 0.209 e. The Balaban J connectivity index is 2.53. The fraction of sp³-hybridized carbons (Fsp3) is 0.222. The first-order chi connectivity index (χ1) is 6.22. The number of carbonyl (C=O) groups excluding carboxylic acids is 1. The van der Waals surface area contributed by atoms with Crippen LogP contribution < -0.4 is 5.32 Å². The van der Waals surface area contributed by atoms with Gasteiger partial charge in [-0.2, -0.15) is 0 Å². The summed E-state index contributed by atoms with van der Waals surface area (Å²) in [5.74, 6) is 0. The van der Waals surface area contributed by atoms with Crippen molar-refractivity contribution in [2.75, 3.05) is 0 Å². The maximum absolute atomic E-state index is 9.97. The van der Waals surface area contributed by atoms with E-state index in [1.54, 1.807) is 24.3 Å². The summed E-state index contributed by atoms with van der Waals surface area (Å²) in [5, 5.41) is 12.1. The highest BCUT2D eigenvalue weighted by atomic mass is 35.5. The van der Waals surface area contributed by atoms with E-state index in [0.29, 0.717) is 17.9 Å². The van der Waals surface area contributed by atoms with Gasteiger partial charge in [0.25, 0.3) is 0 Å². The summed E-state index contributed by atoms with van der Waals surface area (Å²) in [6.07, 6.45) is 0.0231. The van der Waals surface area contributed by atoms with Crippen LogP contribution in [0.25, 0.3) is 0 Å². The summed E-state index contributed by atoms with van der Waals surface area (Å²) in [5.41, 5.74) is 0.922. The summed E-state index contributed by atoms with van der Waals surface area (Å²) in [4.78, 5) is 9.97. The molecule has 1 amide bonds. The number of benzene rings is 1. The van der Waals surface area contributed by atoms with Crippen LogP contribution in [0.1, 0.15) is 5.56 Å². The third-order valence-electron chi connectivity index (χ3n) is 1.60. The minimum absolute atomic E-state index is 0.385. The van der Waals surface area contributed by atoms with Gasteiger partial charge in [-0.05, 0) is 17.7 Å². The van der Waals surface area contributed by atoms with Gasteiger partial charge in [-0.1, -0.05) is 23.7 Å². The molecule has 0 bridgehead atoms. The highest BCUT2D eigenvalue weighted by Gasteiger charge is 2.02. The van der Waals surface area contributed by atoms with Gasteiger partial charge in [0.05, 0.1) is 0 Å². The Morgan fingerprint density at radius 1 is 1.46 bits per heavy atom. The van der Waals surface area contributed by atoms with Gasteiger partial charge in [0.1, 0.15) is 6.23 Å². The molecule has 0 aromatic heterocycles. The molecule has 1 aromatic carbocycles. The summed E-state index contributed by atoms with van der Waals surface area (Å²) in [6, 6.07) is 7.09.